The molecule has 0 saturated carbocycles. The van der Waals surface area contributed by atoms with Crippen LogP contribution in [-0.2, 0) is 4.79 Å². The second-order valence-electron chi connectivity index (χ2n) is 6.04. The van der Waals surface area contributed by atoms with Crippen LogP contribution in [0.25, 0.3) is 11.1 Å². The van der Waals surface area contributed by atoms with Crippen molar-refractivity contribution in [3.05, 3.63) is 68.9 Å². The summed E-state index contributed by atoms with van der Waals surface area (Å²) in [5, 5.41) is 10.4. The number of methoxy groups -OCH3 is 1. The summed E-state index contributed by atoms with van der Waals surface area (Å²) in [6.45, 7) is 1.92. The second kappa shape index (κ2) is 8.06. The molecule has 0 fully saturated rings. The van der Waals surface area contributed by atoms with Crippen molar-refractivity contribution in [3.63, 3.8) is 0 Å². The van der Waals surface area contributed by atoms with Crippen LogP contribution in [0.5, 0.6) is 5.75 Å². The molecule has 4 nitrogen and oxygen atoms in total. The van der Waals surface area contributed by atoms with E-state index in [1.807, 2.05) is 19.1 Å². The van der Waals surface area contributed by atoms with Crippen molar-refractivity contribution in [3.8, 4) is 16.9 Å². The summed E-state index contributed by atoms with van der Waals surface area (Å²) < 4.78 is 18.8. The molecule has 3 aromatic rings. The van der Waals surface area contributed by atoms with E-state index in [0.717, 1.165) is 10.4 Å². The van der Waals surface area contributed by atoms with Crippen molar-refractivity contribution < 1.29 is 19.0 Å². The van der Waals surface area contributed by atoms with Crippen LogP contribution >= 0.6 is 22.9 Å². The molecule has 0 aliphatic carbocycles. The summed E-state index contributed by atoms with van der Waals surface area (Å²) in [6, 6.07) is 9.60. The quantitative estimate of drug-likeness (QED) is 0.586. The summed E-state index contributed by atoms with van der Waals surface area (Å²) in [5.41, 5.74) is 2.11. The van der Waals surface area contributed by atoms with Gasteiger partial charge in [0.2, 0.25) is 0 Å². The number of benzene rings is 2. The maximum Gasteiger partial charge on any atom is 0.304 e. The first-order valence-corrected chi connectivity index (χ1v) is 9.36. The highest BCUT2D eigenvalue weighted by atomic mass is 35.5. The number of ether oxygens (including phenoxy) is 1. The molecular weight excluding hydrogens is 389 g/mol. The first kappa shape index (κ1) is 19.3. The van der Waals surface area contributed by atoms with E-state index in [0.29, 0.717) is 21.9 Å². The number of aryl methyl sites for hydroxylation is 1. The van der Waals surface area contributed by atoms with E-state index in [4.69, 9.17) is 16.3 Å². The van der Waals surface area contributed by atoms with Gasteiger partial charge in [0.05, 0.1) is 24.5 Å². The number of nitrogens with zero attached hydrogens (tertiary/aromatic N) is 1. The van der Waals surface area contributed by atoms with Crippen LogP contribution in [-0.4, -0.2) is 23.2 Å². The van der Waals surface area contributed by atoms with Gasteiger partial charge in [-0.3, -0.25) is 4.79 Å². The van der Waals surface area contributed by atoms with Crippen LogP contribution in [0.2, 0.25) is 5.02 Å². The van der Waals surface area contributed by atoms with Crippen LogP contribution in [0.3, 0.4) is 0 Å². The Labute approximate surface area is 165 Å². The monoisotopic (exact) mass is 405 g/mol. The van der Waals surface area contributed by atoms with E-state index in [-0.39, 0.29) is 11.4 Å². The number of carboxylic acids is 1. The van der Waals surface area contributed by atoms with Gasteiger partial charge in [-0.05, 0) is 42.8 Å². The number of carboxylic acid groups (broad SMARTS) is 1. The van der Waals surface area contributed by atoms with E-state index in [1.165, 1.54) is 30.6 Å². The maximum atomic E-state index is 13.4. The number of rotatable bonds is 6. The highest BCUT2D eigenvalue weighted by Gasteiger charge is 2.25. The van der Waals surface area contributed by atoms with Crippen molar-refractivity contribution in [2.45, 2.75) is 19.3 Å². The molecule has 3 rings (SSSR count). The lowest BCUT2D eigenvalue weighted by Gasteiger charge is -2.18. The normalized spacial score (nSPS) is 12.0. The fourth-order valence-corrected chi connectivity index (χ4v) is 4.11. The van der Waals surface area contributed by atoms with Gasteiger partial charge in [-0.2, -0.15) is 0 Å². The summed E-state index contributed by atoms with van der Waals surface area (Å²) in [7, 11) is 1.54. The molecule has 1 aromatic heterocycles. The Morgan fingerprint density at radius 2 is 2.11 bits per heavy atom. The van der Waals surface area contributed by atoms with Crippen LogP contribution in [0.15, 0.2) is 42.6 Å². The van der Waals surface area contributed by atoms with Gasteiger partial charge in [0.25, 0.3) is 0 Å². The SMILES string of the molecule is COc1ccc(-c2ccc(F)cc2Cl)cc1C(CC(=O)O)c1ncc(C)s1. The van der Waals surface area contributed by atoms with Crippen molar-refractivity contribution >= 4 is 28.9 Å². The Hall–Kier alpha value is -2.44. The Balaban J connectivity index is 2.14. The molecule has 0 bridgehead atoms. The predicted molar refractivity (Wildman–Crippen MR) is 104 cm³/mol. The highest BCUT2D eigenvalue weighted by molar-refractivity contribution is 7.11. The molecule has 1 N–H and O–H groups in total. The molecule has 27 heavy (non-hydrogen) atoms. The minimum atomic E-state index is -0.930. The number of aliphatic carboxylic acids is 1. The lowest BCUT2D eigenvalue weighted by atomic mass is 9.92. The van der Waals surface area contributed by atoms with Gasteiger partial charge in [-0.1, -0.05) is 17.7 Å². The van der Waals surface area contributed by atoms with E-state index >= 15 is 0 Å². The fraction of sp³-hybridized carbons (Fsp3) is 0.200. The molecule has 1 atom stereocenters. The topological polar surface area (TPSA) is 59.4 Å². The molecule has 0 amide bonds. The van der Waals surface area contributed by atoms with Gasteiger partial charge in [0, 0.05) is 22.2 Å². The zero-order valence-corrected chi connectivity index (χ0v) is 16.3. The Bertz CT molecular complexity index is 989. The summed E-state index contributed by atoms with van der Waals surface area (Å²) in [4.78, 5) is 16.9. The van der Waals surface area contributed by atoms with E-state index in [2.05, 4.69) is 4.98 Å². The Kier molecular flexibility index (Phi) is 5.77. The summed E-state index contributed by atoms with van der Waals surface area (Å²) in [6.07, 6.45) is 1.60. The van der Waals surface area contributed by atoms with Gasteiger partial charge in [-0.15, -0.1) is 11.3 Å². The number of thiazole rings is 1. The maximum absolute atomic E-state index is 13.4. The van der Waals surface area contributed by atoms with Gasteiger partial charge in [0.15, 0.2) is 0 Å². The molecule has 0 aliphatic heterocycles. The lowest BCUT2D eigenvalue weighted by Crippen LogP contribution is -2.09. The van der Waals surface area contributed by atoms with Gasteiger partial charge < -0.3 is 9.84 Å². The van der Waals surface area contributed by atoms with E-state index in [1.54, 1.807) is 18.3 Å². The molecule has 1 heterocycles. The summed E-state index contributed by atoms with van der Waals surface area (Å²) >= 11 is 7.65. The van der Waals surface area contributed by atoms with E-state index < -0.39 is 17.7 Å². The number of hydrogen-bond donors (Lipinski definition) is 1. The smallest absolute Gasteiger partial charge is 0.304 e. The third-order valence-electron chi connectivity index (χ3n) is 4.16. The largest absolute Gasteiger partial charge is 0.496 e. The molecule has 0 spiro atoms. The first-order chi connectivity index (χ1) is 12.9. The average Bonchev–Trinajstić information content (AvgIpc) is 3.05. The molecule has 0 saturated heterocycles. The van der Waals surface area contributed by atoms with Crippen molar-refractivity contribution in [1.29, 1.82) is 0 Å². The Morgan fingerprint density at radius 1 is 1.33 bits per heavy atom. The lowest BCUT2D eigenvalue weighted by molar-refractivity contribution is -0.137. The number of hydrogen-bond acceptors (Lipinski definition) is 4. The highest BCUT2D eigenvalue weighted by Crippen LogP contribution is 2.39. The Morgan fingerprint density at radius 3 is 2.70 bits per heavy atom. The third-order valence-corrected chi connectivity index (χ3v) is 5.50. The van der Waals surface area contributed by atoms with Crippen LogP contribution in [0.1, 0.15) is 27.8 Å². The summed E-state index contributed by atoms with van der Waals surface area (Å²) in [5.74, 6) is -1.24. The standard InChI is InChI=1S/C20H17ClFNO3S/c1-11-10-23-20(27-11)16(9-19(24)25)15-7-12(3-6-18(15)26-2)14-5-4-13(22)8-17(14)21/h3-8,10,16H,9H2,1-2H3,(H,24,25). The fourth-order valence-electron chi connectivity index (χ4n) is 2.94. The van der Waals surface area contributed by atoms with Crippen LogP contribution in [0.4, 0.5) is 4.39 Å². The molecular formula is C20H17ClFNO3S. The molecule has 1 unspecified atom stereocenters. The van der Waals surface area contributed by atoms with Gasteiger partial charge in [0.1, 0.15) is 16.6 Å². The average molecular weight is 406 g/mol. The van der Waals surface area contributed by atoms with Gasteiger partial charge in [-0.25, -0.2) is 9.37 Å². The van der Waals surface area contributed by atoms with Crippen molar-refractivity contribution in [2.24, 2.45) is 0 Å². The number of carbonyl (C=O) groups is 1. The number of halogens is 2. The van der Waals surface area contributed by atoms with Gasteiger partial charge >= 0.3 is 5.97 Å². The minimum Gasteiger partial charge on any atom is -0.496 e. The zero-order chi connectivity index (χ0) is 19.6. The second-order valence-corrected chi connectivity index (χ2v) is 7.71. The molecule has 7 heteroatoms. The predicted octanol–water partition coefficient (Wildman–Crippen LogP) is 5.53. The first-order valence-electron chi connectivity index (χ1n) is 8.16. The van der Waals surface area contributed by atoms with E-state index in [9.17, 15) is 14.3 Å². The molecule has 140 valence electrons. The molecule has 2 aromatic carbocycles. The van der Waals surface area contributed by atoms with Crippen LogP contribution in [0, 0.1) is 12.7 Å². The third kappa shape index (κ3) is 4.28. The number of aromatic nitrogens is 1. The van der Waals surface area contributed by atoms with Crippen LogP contribution < -0.4 is 4.74 Å². The molecule has 0 radical (unpaired) electrons. The zero-order valence-electron chi connectivity index (χ0n) is 14.7. The minimum absolute atomic E-state index is 0.121. The molecule has 0 aliphatic rings. The van der Waals surface area contributed by atoms with Crippen molar-refractivity contribution in [1.82, 2.24) is 4.98 Å². The van der Waals surface area contributed by atoms with Crippen molar-refractivity contribution in [2.75, 3.05) is 7.11 Å².